The molecule has 0 spiro atoms. The second-order valence-corrected chi connectivity index (χ2v) is 8.16. The van der Waals surface area contributed by atoms with Crippen LogP contribution < -0.4 is 5.32 Å². The number of nitrogens with one attached hydrogen (secondary N) is 1. The largest absolute Gasteiger partial charge is 0.326 e. The summed E-state index contributed by atoms with van der Waals surface area (Å²) in [6.45, 7) is 12.4. The van der Waals surface area contributed by atoms with Crippen molar-refractivity contribution in [2.24, 2.45) is 0 Å². The molecule has 1 amide bonds. The number of nitrogens with zero attached hydrogens (tertiary/aromatic N) is 3. The monoisotopic (exact) mass is 364 g/mol. The van der Waals surface area contributed by atoms with Gasteiger partial charge in [0.1, 0.15) is 0 Å². The van der Waals surface area contributed by atoms with Gasteiger partial charge in [-0.15, -0.1) is 0 Å². The van der Waals surface area contributed by atoms with Crippen molar-refractivity contribution in [2.45, 2.75) is 59.8 Å². The van der Waals surface area contributed by atoms with Crippen molar-refractivity contribution < 1.29 is 4.79 Å². The molecule has 0 fully saturated rings. The Morgan fingerprint density at radius 1 is 1.15 bits per heavy atom. The van der Waals surface area contributed by atoms with Crippen molar-refractivity contribution in [3.8, 4) is 0 Å². The predicted octanol–water partition coefficient (Wildman–Crippen LogP) is 4.52. The van der Waals surface area contributed by atoms with Gasteiger partial charge in [-0.25, -0.2) is 9.50 Å². The fourth-order valence-corrected chi connectivity index (χ4v) is 3.50. The molecule has 0 saturated heterocycles. The maximum absolute atomic E-state index is 12.6. The lowest BCUT2D eigenvalue weighted by Crippen LogP contribution is -2.19. The minimum atomic E-state index is -0.0239. The number of carbonyl (C=O) groups is 1. The lowest BCUT2D eigenvalue weighted by molar-refractivity contribution is -0.116. The number of aryl methyl sites for hydroxylation is 3. The highest BCUT2D eigenvalue weighted by Crippen LogP contribution is 2.29. The molecule has 2 heterocycles. The molecule has 0 radical (unpaired) electrons. The van der Waals surface area contributed by atoms with Crippen LogP contribution in [0.15, 0.2) is 30.3 Å². The first-order chi connectivity index (χ1) is 12.7. The Morgan fingerprint density at radius 3 is 2.56 bits per heavy atom. The zero-order valence-electron chi connectivity index (χ0n) is 17.1. The Balaban J connectivity index is 1.77. The van der Waals surface area contributed by atoms with E-state index in [1.807, 2.05) is 49.6 Å². The molecular weight excluding hydrogens is 336 g/mol. The van der Waals surface area contributed by atoms with Crippen LogP contribution in [-0.2, 0) is 16.6 Å². The SMILES string of the molecule is Cc1cc2nc(C)c(CCC(=O)Nc3ccccc3C(C)(C)C)c(C)n2n1. The number of hydrogen-bond donors (Lipinski definition) is 1. The molecule has 0 atom stereocenters. The Labute approximate surface area is 160 Å². The van der Waals surface area contributed by atoms with Gasteiger partial charge in [0.05, 0.1) is 5.69 Å². The van der Waals surface area contributed by atoms with E-state index in [-0.39, 0.29) is 11.3 Å². The average Bonchev–Trinajstić information content (AvgIpc) is 2.94. The Hall–Kier alpha value is -2.69. The number of rotatable bonds is 4. The molecule has 5 nitrogen and oxygen atoms in total. The van der Waals surface area contributed by atoms with Gasteiger partial charge < -0.3 is 5.32 Å². The number of amides is 1. The van der Waals surface area contributed by atoms with Crippen LogP contribution in [0.4, 0.5) is 5.69 Å². The zero-order valence-corrected chi connectivity index (χ0v) is 17.1. The van der Waals surface area contributed by atoms with Crippen LogP contribution in [0.2, 0.25) is 0 Å². The van der Waals surface area contributed by atoms with Crippen LogP contribution in [0, 0.1) is 20.8 Å². The minimum absolute atomic E-state index is 0.0160. The Kier molecular flexibility index (Phi) is 5.05. The van der Waals surface area contributed by atoms with Gasteiger partial charge in [0.2, 0.25) is 5.91 Å². The van der Waals surface area contributed by atoms with Gasteiger partial charge in [0.25, 0.3) is 0 Å². The van der Waals surface area contributed by atoms with Crippen molar-refractivity contribution in [2.75, 3.05) is 5.32 Å². The van der Waals surface area contributed by atoms with Gasteiger partial charge in [0, 0.05) is 29.6 Å². The average molecular weight is 364 g/mol. The topological polar surface area (TPSA) is 59.3 Å². The third kappa shape index (κ3) is 4.02. The summed E-state index contributed by atoms with van der Waals surface area (Å²) in [6, 6.07) is 9.98. The molecule has 5 heteroatoms. The number of hydrogen-bond acceptors (Lipinski definition) is 3. The molecule has 1 N–H and O–H groups in total. The second kappa shape index (κ2) is 7.14. The Bertz CT molecular complexity index is 995. The van der Waals surface area contributed by atoms with E-state index in [2.05, 4.69) is 42.2 Å². The summed E-state index contributed by atoms with van der Waals surface area (Å²) in [5, 5.41) is 7.59. The molecule has 0 unspecified atom stereocenters. The fraction of sp³-hybridized carbons (Fsp3) is 0.409. The van der Waals surface area contributed by atoms with Crippen molar-refractivity contribution in [3.63, 3.8) is 0 Å². The maximum atomic E-state index is 12.6. The van der Waals surface area contributed by atoms with Crippen LogP contribution in [0.1, 0.15) is 55.4 Å². The molecule has 1 aromatic carbocycles. The number of fused-ring (bicyclic) bond motifs is 1. The molecule has 0 aliphatic rings. The summed E-state index contributed by atoms with van der Waals surface area (Å²) in [6.07, 6.45) is 1.05. The van der Waals surface area contributed by atoms with Gasteiger partial charge >= 0.3 is 0 Å². The summed E-state index contributed by atoms with van der Waals surface area (Å²) in [5.41, 5.74) is 6.90. The van der Waals surface area contributed by atoms with E-state index in [0.29, 0.717) is 12.8 Å². The van der Waals surface area contributed by atoms with E-state index in [4.69, 9.17) is 0 Å². The molecule has 27 heavy (non-hydrogen) atoms. The fourth-order valence-electron chi connectivity index (χ4n) is 3.50. The van der Waals surface area contributed by atoms with Crippen LogP contribution in [0.25, 0.3) is 5.65 Å². The number of para-hydroxylation sites is 1. The first-order valence-corrected chi connectivity index (χ1v) is 9.38. The molecule has 0 aliphatic carbocycles. The molecule has 3 rings (SSSR count). The third-order valence-corrected chi connectivity index (χ3v) is 4.90. The summed E-state index contributed by atoms with van der Waals surface area (Å²) in [4.78, 5) is 17.2. The summed E-state index contributed by atoms with van der Waals surface area (Å²) < 4.78 is 1.87. The summed E-state index contributed by atoms with van der Waals surface area (Å²) >= 11 is 0. The lowest BCUT2D eigenvalue weighted by Gasteiger charge is -2.23. The second-order valence-electron chi connectivity index (χ2n) is 8.16. The van der Waals surface area contributed by atoms with E-state index in [0.717, 1.165) is 39.5 Å². The highest BCUT2D eigenvalue weighted by atomic mass is 16.1. The van der Waals surface area contributed by atoms with Gasteiger partial charge in [0.15, 0.2) is 5.65 Å². The van der Waals surface area contributed by atoms with Crippen LogP contribution in [0.3, 0.4) is 0 Å². The van der Waals surface area contributed by atoms with E-state index in [1.165, 1.54) is 0 Å². The van der Waals surface area contributed by atoms with Crippen molar-refractivity contribution >= 4 is 17.2 Å². The summed E-state index contributed by atoms with van der Waals surface area (Å²) in [7, 11) is 0. The van der Waals surface area contributed by atoms with Gasteiger partial charge in [-0.1, -0.05) is 39.0 Å². The van der Waals surface area contributed by atoms with Gasteiger partial charge in [-0.2, -0.15) is 5.10 Å². The number of aromatic nitrogens is 3. The molecule has 0 saturated carbocycles. The van der Waals surface area contributed by atoms with Crippen molar-refractivity contribution in [1.82, 2.24) is 14.6 Å². The van der Waals surface area contributed by atoms with Crippen LogP contribution >= 0.6 is 0 Å². The number of carbonyl (C=O) groups excluding carboxylic acids is 1. The van der Waals surface area contributed by atoms with Crippen LogP contribution in [-0.4, -0.2) is 20.5 Å². The maximum Gasteiger partial charge on any atom is 0.224 e. The minimum Gasteiger partial charge on any atom is -0.326 e. The summed E-state index contributed by atoms with van der Waals surface area (Å²) in [5.74, 6) is 0.0160. The normalized spacial score (nSPS) is 11.8. The highest BCUT2D eigenvalue weighted by molar-refractivity contribution is 5.91. The lowest BCUT2D eigenvalue weighted by atomic mass is 9.86. The van der Waals surface area contributed by atoms with E-state index in [1.54, 1.807) is 0 Å². The predicted molar refractivity (Wildman–Crippen MR) is 109 cm³/mol. The molecular formula is C22H28N4O. The molecule has 0 aliphatic heterocycles. The first-order valence-electron chi connectivity index (χ1n) is 9.38. The standard InChI is InChI=1S/C22H28N4O/c1-14-13-20-23-15(2)17(16(3)26(20)25-14)11-12-21(27)24-19-10-8-7-9-18(19)22(4,5)6/h7-10,13H,11-12H2,1-6H3,(H,24,27). The van der Waals surface area contributed by atoms with Gasteiger partial charge in [-0.05, 0) is 49.8 Å². The van der Waals surface area contributed by atoms with Gasteiger partial charge in [-0.3, -0.25) is 4.79 Å². The number of anilines is 1. The van der Waals surface area contributed by atoms with E-state index >= 15 is 0 Å². The number of benzene rings is 1. The first kappa shape index (κ1) is 19.1. The van der Waals surface area contributed by atoms with E-state index < -0.39 is 0 Å². The quantitative estimate of drug-likeness (QED) is 0.740. The Morgan fingerprint density at radius 2 is 1.85 bits per heavy atom. The third-order valence-electron chi connectivity index (χ3n) is 4.90. The molecule has 142 valence electrons. The van der Waals surface area contributed by atoms with Crippen molar-refractivity contribution in [3.05, 3.63) is 58.5 Å². The molecule has 2 aromatic heterocycles. The molecule has 3 aromatic rings. The van der Waals surface area contributed by atoms with Crippen molar-refractivity contribution in [1.29, 1.82) is 0 Å². The highest BCUT2D eigenvalue weighted by Gasteiger charge is 2.19. The molecule has 0 bridgehead atoms. The smallest absolute Gasteiger partial charge is 0.224 e. The van der Waals surface area contributed by atoms with Crippen LogP contribution in [0.5, 0.6) is 0 Å². The van der Waals surface area contributed by atoms with E-state index in [9.17, 15) is 4.79 Å². The zero-order chi connectivity index (χ0) is 19.8.